The summed E-state index contributed by atoms with van der Waals surface area (Å²) in [6.07, 6.45) is 1.69. The topological polar surface area (TPSA) is 26.3 Å². The molecule has 1 saturated heterocycles. The average molecular weight is 214 g/mol. The third-order valence-electron chi connectivity index (χ3n) is 3.56. The molecule has 0 radical (unpaired) electrons. The van der Waals surface area contributed by atoms with E-state index in [9.17, 15) is 4.79 Å². The van der Waals surface area contributed by atoms with Crippen molar-refractivity contribution in [1.82, 2.24) is 0 Å². The van der Waals surface area contributed by atoms with Crippen molar-refractivity contribution in [2.75, 3.05) is 6.61 Å². The molecule has 1 aliphatic heterocycles. The highest BCUT2D eigenvalue weighted by molar-refractivity contribution is 5.99. The Labute approximate surface area is 94.9 Å². The van der Waals surface area contributed by atoms with Crippen LogP contribution in [0.25, 0.3) is 0 Å². The first-order chi connectivity index (χ1) is 7.77. The maximum absolute atomic E-state index is 12.0. The number of fused-ring (bicyclic) bond motifs is 1. The highest BCUT2D eigenvalue weighted by Crippen LogP contribution is 2.46. The van der Waals surface area contributed by atoms with Gasteiger partial charge in [0.25, 0.3) is 0 Å². The zero-order chi connectivity index (χ0) is 11.1. The lowest BCUT2D eigenvalue weighted by atomic mass is 9.81. The predicted molar refractivity (Wildman–Crippen MR) is 60.9 cm³/mol. The summed E-state index contributed by atoms with van der Waals surface area (Å²) in [5, 5.41) is 0. The van der Waals surface area contributed by atoms with Gasteiger partial charge in [0.2, 0.25) is 0 Å². The SMILES string of the molecule is C[C@H]1COC2=CC(=O)[C@H](c3ccccc3)[C@H]21. The molecule has 0 bridgehead atoms. The Morgan fingerprint density at radius 3 is 2.75 bits per heavy atom. The number of ether oxygens (including phenoxy) is 1. The van der Waals surface area contributed by atoms with Gasteiger partial charge in [-0.05, 0) is 5.56 Å². The first-order valence-corrected chi connectivity index (χ1v) is 5.70. The third-order valence-corrected chi connectivity index (χ3v) is 3.56. The molecule has 82 valence electrons. The molecule has 1 aromatic rings. The molecule has 2 nitrogen and oxygen atoms in total. The number of carbonyl (C=O) groups excluding carboxylic acids is 1. The molecule has 1 fully saturated rings. The monoisotopic (exact) mass is 214 g/mol. The zero-order valence-electron chi connectivity index (χ0n) is 9.22. The Hall–Kier alpha value is -1.57. The first kappa shape index (κ1) is 9.64. The van der Waals surface area contributed by atoms with E-state index in [0.717, 1.165) is 17.9 Å². The number of benzene rings is 1. The lowest BCUT2D eigenvalue weighted by Gasteiger charge is -2.18. The summed E-state index contributed by atoms with van der Waals surface area (Å²) in [6.45, 7) is 2.90. The number of carbonyl (C=O) groups is 1. The highest BCUT2D eigenvalue weighted by atomic mass is 16.5. The molecule has 0 amide bonds. The molecular formula is C14H14O2. The van der Waals surface area contributed by atoms with Crippen LogP contribution in [0, 0.1) is 11.8 Å². The molecule has 1 aliphatic carbocycles. The molecule has 16 heavy (non-hydrogen) atoms. The number of hydrogen-bond acceptors (Lipinski definition) is 2. The molecule has 3 rings (SSSR count). The lowest BCUT2D eigenvalue weighted by Crippen LogP contribution is -2.19. The standard InChI is InChI=1S/C14H14O2/c1-9-8-16-12-7-11(15)14(13(9)12)10-5-3-2-4-6-10/h2-7,9,13-14H,8H2,1H3/t9-,13-,14-/m0/s1. The van der Waals surface area contributed by atoms with E-state index >= 15 is 0 Å². The van der Waals surface area contributed by atoms with E-state index in [1.54, 1.807) is 6.08 Å². The summed E-state index contributed by atoms with van der Waals surface area (Å²) < 4.78 is 5.55. The second-order valence-electron chi connectivity index (χ2n) is 4.65. The molecule has 0 unspecified atom stereocenters. The first-order valence-electron chi connectivity index (χ1n) is 5.70. The number of hydrogen-bond donors (Lipinski definition) is 0. The van der Waals surface area contributed by atoms with Crippen molar-refractivity contribution in [3.63, 3.8) is 0 Å². The van der Waals surface area contributed by atoms with Crippen molar-refractivity contribution < 1.29 is 9.53 Å². The Bertz CT molecular complexity index is 447. The van der Waals surface area contributed by atoms with Crippen LogP contribution < -0.4 is 0 Å². The van der Waals surface area contributed by atoms with E-state index in [4.69, 9.17) is 4.74 Å². The summed E-state index contributed by atoms with van der Waals surface area (Å²) in [4.78, 5) is 12.0. The second kappa shape index (κ2) is 3.48. The molecule has 0 saturated carbocycles. The zero-order valence-corrected chi connectivity index (χ0v) is 9.22. The fourth-order valence-electron chi connectivity index (χ4n) is 2.78. The van der Waals surface area contributed by atoms with Gasteiger partial charge in [-0.1, -0.05) is 37.3 Å². The van der Waals surface area contributed by atoms with Crippen molar-refractivity contribution in [3.05, 3.63) is 47.7 Å². The van der Waals surface area contributed by atoms with Crippen molar-refractivity contribution in [1.29, 1.82) is 0 Å². The molecule has 3 atom stereocenters. The molecule has 2 heteroatoms. The quantitative estimate of drug-likeness (QED) is 0.718. The van der Waals surface area contributed by atoms with Crippen LogP contribution in [0.5, 0.6) is 0 Å². The predicted octanol–water partition coefficient (Wildman–Crippen LogP) is 2.52. The summed E-state index contributed by atoms with van der Waals surface area (Å²) in [5.74, 6) is 1.76. The van der Waals surface area contributed by atoms with Gasteiger partial charge in [-0.3, -0.25) is 4.79 Å². The molecule has 2 aliphatic rings. The maximum atomic E-state index is 12.0. The van der Waals surface area contributed by atoms with Crippen molar-refractivity contribution in [2.45, 2.75) is 12.8 Å². The fraction of sp³-hybridized carbons (Fsp3) is 0.357. The smallest absolute Gasteiger partial charge is 0.167 e. The van der Waals surface area contributed by atoms with Gasteiger partial charge in [0, 0.05) is 17.9 Å². The minimum Gasteiger partial charge on any atom is -0.497 e. The summed E-state index contributed by atoms with van der Waals surface area (Å²) in [6, 6.07) is 10.0. The lowest BCUT2D eigenvalue weighted by molar-refractivity contribution is -0.116. The second-order valence-corrected chi connectivity index (χ2v) is 4.65. The normalized spacial score (nSPS) is 32.2. The van der Waals surface area contributed by atoms with Gasteiger partial charge in [-0.15, -0.1) is 0 Å². The number of ketones is 1. The van der Waals surface area contributed by atoms with Crippen molar-refractivity contribution >= 4 is 5.78 Å². The fourth-order valence-corrected chi connectivity index (χ4v) is 2.78. The van der Waals surface area contributed by atoms with Crippen LogP contribution in [-0.2, 0) is 9.53 Å². The van der Waals surface area contributed by atoms with Crippen LogP contribution in [0.4, 0.5) is 0 Å². The van der Waals surface area contributed by atoms with Gasteiger partial charge in [0.05, 0.1) is 12.5 Å². The Morgan fingerprint density at radius 1 is 1.25 bits per heavy atom. The van der Waals surface area contributed by atoms with Crippen LogP contribution >= 0.6 is 0 Å². The van der Waals surface area contributed by atoms with Gasteiger partial charge in [0.1, 0.15) is 5.76 Å². The van der Waals surface area contributed by atoms with Crippen molar-refractivity contribution in [3.8, 4) is 0 Å². The van der Waals surface area contributed by atoms with E-state index in [0.29, 0.717) is 5.92 Å². The van der Waals surface area contributed by atoms with Gasteiger partial charge in [0.15, 0.2) is 5.78 Å². The average Bonchev–Trinajstić information content (AvgIpc) is 2.80. The number of rotatable bonds is 1. The van der Waals surface area contributed by atoms with Crippen LogP contribution in [0.15, 0.2) is 42.2 Å². The van der Waals surface area contributed by atoms with Crippen LogP contribution in [-0.4, -0.2) is 12.4 Å². The molecule has 0 aromatic heterocycles. The van der Waals surface area contributed by atoms with E-state index in [1.807, 2.05) is 30.3 Å². The Balaban J connectivity index is 2.00. The minimum absolute atomic E-state index is 0.0197. The van der Waals surface area contributed by atoms with E-state index in [1.165, 1.54) is 0 Å². The molecule has 0 spiro atoms. The summed E-state index contributed by atoms with van der Waals surface area (Å²) >= 11 is 0. The van der Waals surface area contributed by atoms with Crippen LogP contribution in [0.3, 0.4) is 0 Å². The van der Waals surface area contributed by atoms with Crippen LogP contribution in [0.2, 0.25) is 0 Å². The summed E-state index contributed by atoms with van der Waals surface area (Å²) in [5.41, 5.74) is 1.11. The van der Waals surface area contributed by atoms with Gasteiger partial charge >= 0.3 is 0 Å². The van der Waals surface area contributed by atoms with Crippen molar-refractivity contribution in [2.24, 2.45) is 11.8 Å². The molecule has 1 heterocycles. The maximum Gasteiger partial charge on any atom is 0.167 e. The third kappa shape index (κ3) is 1.29. The molecular weight excluding hydrogens is 200 g/mol. The Kier molecular flexibility index (Phi) is 2.10. The van der Waals surface area contributed by atoms with E-state index in [2.05, 4.69) is 6.92 Å². The largest absolute Gasteiger partial charge is 0.497 e. The van der Waals surface area contributed by atoms with Gasteiger partial charge < -0.3 is 4.74 Å². The molecule has 0 N–H and O–H groups in total. The Morgan fingerprint density at radius 2 is 2.00 bits per heavy atom. The van der Waals surface area contributed by atoms with Crippen LogP contribution in [0.1, 0.15) is 18.4 Å². The van der Waals surface area contributed by atoms with E-state index in [-0.39, 0.29) is 17.6 Å². The van der Waals surface area contributed by atoms with Gasteiger partial charge in [-0.2, -0.15) is 0 Å². The minimum atomic E-state index is -0.0197. The highest BCUT2D eigenvalue weighted by Gasteiger charge is 2.45. The van der Waals surface area contributed by atoms with E-state index < -0.39 is 0 Å². The number of allylic oxidation sites excluding steroid dienone is 2. The van der Waals surface area contributed by atoms with Gasteiger partial charge in [-0.25, -0.2) is 0 Å². The summed E-state index contributed by atoms with van der Waals surface area (Å²) in [7, 11) is 0. The molecule has 1 aromatic carbocycles.